The monoisotopic (exact) mass is 164 g/mol. The number of rotatable bonds is 0. The molecule has 3 fully saturated rings. The smallest absolute Gasteiger partial charge is 0.136 e. The van der Waals surface area contributed by atoms with Gasteiger partial charge in [-0.3, -0.25) is 4.79 Å². The number of carbonyl (C=O) groups excluding carboxylic acids is 1. The van der Waals surface area contributed by atoms with E-state index < -0.39 is 0 Å². The second-order valence-electron chi connectivity index (χ2n) is 4.88. The molecule has 0 spiro atoms. The maximum absolute atomic E-state index is 11.6. The third kappa shape index (κ3) is 0.773. The van der Waals surface area contributed by atoms with Gasteiger partial charge in [0.25, 0.3) is 0 Å². The summed E-state index contributed by atoms with van der Waals surface area (Å²) in [7, 11) is 0. The first-order valence-corrected chi connectivity index (χ1v) is 5.39. The first-order chi connectivity index (χ1) is 5.86. The lowest BCUT2D eigenvalue weighted by Crippen LogP contribution is -2.17. The van der Waals surface area contributed by atoms with Gasteiger partial charge in [0.2, 0.25) is 0 Å². The van der Waals surface area contributed by atoms with Crippen LogP contribution in [0.4, 0.5) is 0 Å². The lowest BCUT2D eigenvalue weighted by Gasteiger charge is -2.14. The van der Waals surface area contributed by atoms with Crippen LogP contribution >= 0.6 is 0 Å². The molecule has 0 aromatic carbocycles. The Bertz CT molecular complexity index is 221. The molecular weight excluding hydrogens is 148 g/mol. The Hall–Kier alpha value is -0.330. The van der Waals surface area contributed by atoms with Gasteiger partial charge in [-0.1, -0.05) is 12.8 Å². The highest BCUT2D eigenvalue weighted by Gasteiger charge is 2.50. The fourth-order valence-corrected chi connectivity index (χ4v) is 4.01. The van der Waals surface area contributed by atoms with Gasteiger partial charge in [-0.2, -0.15) is 0 Å². The molecule has 0 amide bonds. The zero-order valence-electron chi connectivity index (χ0n) is 7.46. The van der Waals surface area contributed by atoms with Crippen LogP contribution in [0.1, 0.15) is 38.5 Å². The summed E-state index contributed by atoms with van der Waals surface area (Å²) in [5.41, 5.74) is 0. The summed E-state index contributed by atoms with van der Waals surface area (Å²) in [4.78, 5) is 11.6. The maximum Gasteiger partial charge on any atom is 0.136 e. The van der Waals surface area contributed by atoms with Gasteiger partial charge in [0.05, 0.1) is 0 Å². The van der Waals surface area contributed by atoms with Crippen LogP contribution in [0.15, 0.2) is 0 Å². The van der Waals surface area contributed by atoms with Crippen LogP contribution in [0.5, 0.6) is 0 Å². The first-order valence-electron chi connectivity index (χ1n) is 5.39. The molecule has 0 aliphatic heterocycles. The maximum atomic E-state index is 11.6. The average molecular weight is 164 g/mol. The molecule has 0 N–H and O–H groups in total. The minimum absolute atomic E-state index is 0.525. The summed E-state index contributed by atoms with van der Waals surface area (Å²) in [6.07, 6.45) is 7.68. The van der Waals surface area contributed by atoms with Crippen LogP contribution in [0.3, 0.4) is 0 Å². The van der Waals surface area contributed by atoms with Gasteiger partial charge in [-0.15, -0.1) is 0 Å². The molecule has 1 heteroatoms. The highest BCUT2D eigenvalue weighted by molar-refractivity contribution is 5.84. The molecule has 1 nitrogen and oxygen atoms in total. The van der Waals surface area contributed by atoms with Crippen molar-refractivity contribution in [1.29, 1.82) is 0 Å². The van der Waals surface area contributed by atoms with Gasteiger partial charge >= 0.3 is 0 Å². The molecule has 3 rings (SSSR count). The van der Waals surface area contributed by atoms with Crippen molar-refractivity contribution in [1.82, 2.24) is 0 Å². The van der Waals surface area contributed by atoms with Crippen molar-refractivity contribution >= 4 is 5.78 Å². The molecule has 66 valence electrons. The van der Waals surface area contributed by atoms with Gasteiger partial charge in [-0.05, 0) is 37.0 Å². The van der Waals surface area contributed by atoms with Crippen LogP contribution < -0.4 is 0 Å². The van der Waals surface area contributed by atoms with Crippen molar-refractivity contribution in [2.45, 2.75) is 38.5 Å². The number of fused-ring (bicyclic) bond motifs is 3. The minimum atomic E-state index is 0.525. The van der Waals surface area contributed by atoms with E-state index in [1.807, 2.05) is 0 Å². The molecule has 0 radical (unpaired) electrons. The molecule has 12 heavy (non-hydrogen) atoms. The van der Waals surface area contributed by atoms with Crippen LogP contribution in [-0.4, -0.2) is 5.78 Å². The Morgan fingerprint density at radius 3 is 2.92 bits per heavy atom. The third-order valence-corrected chi connectivity index (χ3v) is 4.43. The van der Waals surface area contributed by atoms with Crippen molar-refractivity contribution in [3.63, 3.8) is 0 Å². The number of hydrogen-bond acceptors (Lipinski definition) is 1. The lowest BCUT2D eigenvalue weighted by atomic mass is 9.89. The van der Waals surface area contributed by atoms with Crippen LogP contribution in [0, 0.1) is 23.7 Å². The lowest BCUT2D eigenvalue weighted by molar-refractivity contribution is -0.122. The molecular formula is C11H16O. The number of Topliss-reactive ketones (excluding diaryl/α,β-unsaturated/α-hetero) is 1. The predicted molar refractivity (Wildman–Crippen MR) is 46.7 cm³/mol. The fraction of sp³-hybridized carbons (Fsp3) is 0.909. The Kier molecular flexibility index (Phi) is 1.38. The van der Waals surface area contributed by atoms with E-state index in [1.54, 1.807) is 0 Å². The van der Waals surface area contributed by atoms with Crippen molar-refractivity contribution in [2.75, 3.05) is 0 Å². The Balaban J connectivity index is 1.90. The predicted octanol–water partition coefficient (Wildman–Crippen LogP) is 2.40. The molecule has 3 aliphatic rings. The van der Waals surface area contributed by atoms with Gasteiger partial charge in [-0.25, -0.2) is 0 Å². The third-order valence-electron chi connectivity index (χ3n) is 4.43. The van der Waals surface area contributed by atoms with E-state index in [-0.39, 0.29) is 0 Å². The molecule has 0 aromatic heterocycles. The Morgan fingerprint density at radius 2 is 2.00 bits per heavy atom. The quantitative estimate of drug-likeness (QED) is 0.537. The molecule has 0 heterocycles. The van der Waals surface area contributed by atoms with Gasteiger partial charge in [0.1, 0.15) is 5.78 Å². The molecule has 3 aliphatic carbocycles. The minimum Gasteiger partial charge on any atom is -0.299 e. The van der Waals surface area contributed by atoms with E-state index in [1.165, 1.54) is 32.1 Å². The molecule has 0 unspecified atom stereocenters. The first kappa shape index (κ1) is 7.11. The Labute approximate surface area is 73.5 Å². The second-order valence-corrected chi connectivity index (χ2v) is 4.88. The van der Waals surface area contributed by atoms with E-state index >= 15 is 0 Å². The van der Waals surface area contributed by atoms with Crippen molar-refractivity contribution < 1.29 is 4.79 Å². The summed E-state index contributed by atoms with van der Waals surface area (Å²) in [5, 5.41) is 0. The van der Waals surface area contributed by atoms with Crippen LogP contribution in [0.25, 0.3) is 0 Å². The molecule has 0 aromatic rings. The summed E-state index contributed by atoms with van der Waals surface area (Å²) in [5.74, 6) is 3.72. The second kappa shape index (κ2) is 2.34. The van der Waals surface area contributed by atoms with Crippen molar-refractivity contribution in [3.8, 4) is 0 Å². The zero-order valence-corrected chi connectivity index (χ0v) is 7.46. The van der Waals surface area contributed by atoms with Crippen molar-refractivity contribution in [3.05, 3.63) is 0 Å². The fourth-order valence-electron chi connectivity index (χ4n) is 4.01. The zero-order chi connectivity index (χ0) is 8.13. The standard InChI is InChI=1S/C11H16O/c12-10-5-4-8-6-7-2-1-3-9(7)11(8)10/h7-9,11H,1-6H2/t7-,8+,9-,11+/m1/s1. The van der Waals surface area contributed by atoms with Crippen LogP contribution in [-0.2, 0) is 4.79 Å². The average Bonchev–Trinajstić information content (AvgIpc) is 2.61. The summed E-state index contributed by atoms with van der Waals surface area (Å²) in [6.45, 7) is 0. The van der Waals surface area contributed by atoms with Crippen molar-refractivity contribution in [2.24, 2.45) is 23.7 Å². The van der Waals surface area contributed by atoms with E-state index in [0.717, 1.165) is 24.2 Å². The topological polar surface area (TPSA) is 17.1 Å². The van der Waals surface area contributed by atoms with E-state index in [4.69, 9.17) is 0 Å². The normalized spacial score (nSPS) is 51.2. The van der Waals surface area contributed by atoms with E-state index in [2.05, 4.69) is 0 Å². The van der Waals surface area contributed by atoms with Gasteiger partial charge in [0.15, 0.2) is 0 Å². The number of carbonyl (C=O) groups is 1. The van der Waals surface area contributed by atoms with Gasteiger partial charge in [0, 0.05) is 12.3 Å². The summed E-state index contributed by atoms with van der Waals surface area (Å²) >= 11 is 0. The highest BCUT2D eigenvalue weighted by Crippen LogP contribution is 2.55. The highest BCUT2D eigenvalue weighted by atomic mass is 16.1. The van der Waals surface area contributed by atoms with Gasteiger partial charge < -0.3 is 0 Å². The number of ketones is 1. The van der Waals surface area contributed by atoms with Crippen LogP contribution in [0.2, 0.25) is 0 Å². The molecule has 4 atom stereocenters. The van der Waals surface area contributed by atoms with E-state index in [9.17, 15) is 4.79 Å². The molecule has 0 bridgehead atoms. The summed E-state index contributed by atoms with van der Waals surface area (Å²) in [6, 6.07) is 0. The number of hydrogen-bond donors (Lipinski definition) is 0. The Morgan fingerprint density at radius 1 is 1.08 bits per heavy atom. The largest absolute Gasteiger partial charge is 0.299 e. The summed E-state index contributed by atoms with van der Waals surface area (Å²) < 4.78 is 0. The SMILES string of the molecule is O=C1CC[C@H]2C[C@H]3CCC[C@H]3[C@@H]12. The van der Waals surface area contributed by atoms with E-state index in [0.29, 0.717) is 11.7 Å². The molecule has 3 saturated carbocycles. The molecule has 0 saturated heterocycles.